The number of furan rings is 1. The summed E-state index contributed by atoms with van der Waals surface area (Å²) in [6.07, 6.45) is 0. The van der Waals surface area contributed by atoms with Crippen LogP contribution in [0.3, 0.4) is 0 Å². The van der Waals surface area contributed by atoms with E-state index in [1.807, 2.05) is 6.07 Å². The van der Waals surface area contributed by atoms with Crippen LogP contribution in [0, 0.1) is 0 Å². The fourth-order valence-electron chi connectivity index (χ4n) is 7.40. The zero-order chi connectivity index (χ0) is 32.3. The number of rotatable bonds is 4. The number of fused-ring (bicyclic) bond motifs is 9. The third-order valence-electron chi connectivity index (χ3n) is 9.68. The average Bonchev–Trinajstić information content (AvgIpc) is 3.58. The van der Waals surface area contributed by atoms with E-state index in [0.717, 1.165) is 71.2 Å². The highest BCUT2D eigenvalue weighted by atomic mass is 16.3. The zero-order valence-corrected chi connectivity index (χ0v) is 26.5. The highest BCUT2D eigenvalue weighted by molar-refractivity contribution is 6.31. The molecular weight excluding hydrogens is 597 g/mol. The maximum Gasteiger partial charge on any atom is 0.231 e. The van der Waals surface area contributed by atoms with E-state index in [1.165, 1.54) is 16.5 Å². The van der Waals surface area contributed by atoms with Crippen LogP contribution in [-0.2, 0) is 0 Å². The fourth-order valence-corrected chi connectivity index (χ4v) is 7.40. The lowest BCUT2D eigenvalue weighted by molar-refractivity contribution is 0.657. The van der Waals surface area contributed by atoms with Crippen molar-refractivity contribution in [1.82, 2.24) is 9.97 Å². The Kier molecular flexibility index (Phi) is 6.18. The third kappa shape index (κ3) is 4.44. The van der Waals surface area contributed by atoms with Crippen LogP contribution in [0.2, 0.25) is 0 Å². The summed E-state index contributed by atoms with van der Waals surface area (Å²) in [5.41, 5.74) is 8.89. The predicted molar refractivity (Wildman–Crippen MR) is 204 cm³/mol. The lowest BCUT2D eigenvalue weighted by atomic mass is 9.94. The van der Waals surface area contributed by atoms with Gasteiger partial charge in [-0.3, -0.25) is 0 Å². The molecule has 2 heterocycles. The topological polar surface area (TPSA) is 38.9 Å². The summed E-state index contributed by atoms with van der Waals surface area (Å²) < 4.78 is 6.84. The van der Waals surface area contributed by atoms with Crippen molar-refractivity contribution in [2.24, 2.45) is 0 Å². The summed E-state index contributed by atoms with van der Waals surface area (Å²) in [5.74, 6) is 0.629. The highest BCUT2D eigenvalue weighted by Gasteiger charge is 2.23. The summed E-state index contributed by atoms with van der Waals surface area (Å²) >= 11 is 0. The minimum Gasteiger partial charge on any atom is -0.437 e. The van der Waals surface area contributed by atoms with Gasteiger partial charge in [-0.2, -0.15) is 4.98 Å². The van der Waals surface area contributed by atoms with Crippen LogP contribution in [0.1, 0.15) is 0 Å². The summed E-state index contributed by atoms with van der Waals surface area (Å²) in [6.45, 7) is 0. The van der Waals surface area contributed by atoms with Crippen LogP contribution >= 0.6 is 0 Å². The lowest BCUT2D eigenvalue weighted by Gasteiger charge is -2.11. The van der Waals surface area contributed by atoms with E-state index in [4.69, 9.17) is 14.4 Å². The minimum atomic E-state index is 0.584. The summed E-state index contributed by atoms with van der Waals surface area (Å²) in [6, 6.07) is 59.7. The molecule has 0 spiro atoms. The van der Waals surface area contributed by atoms with Gasteiger partial charge in [0.15, 0.2) is 5.82 Å². The maximum absolute atomic E-state index is 6.84. The van der Waals surface area contributed by atoms with Crippen LogP contribution in [0.4, 0.5) is 0 Å². The zero-order valence-electron chi connectivity index (χ0n) is 26.5. The van der Waals surface area contributed by atoms with Crippen molar-refractivity contribution in [3.63, 3.8) is 0 Å². The van der Waals surface area contributed by atoms with Crippen LogP contribution in [0.5, 0.6) is 0 Å². The van der Waals surface area contributed by atoms with Crippen molar-refractivity contribution >= 4 is 54.4 Å². The molecule has 0 aliphatic rings. The smallest absolute Gasteiger partial charge is 0.231 e. The van der Waals surface area contributed by atoms with Crippen molar-refractivity contribution in [3.05, 3.63) is 170 Å². The summed E-state index contributed by atoms with van der Waals surface area (Å²) in [4.78, 5) is 10.6. The Morgan fingerprint density at radius 1 is 0.367 bits per heavy atom. The van der Waals surface area contributed by atoms with Gasteiger partial charge in [-0.15, -0.1) is 0 Å². The first-order chi connectivity index (χ1) is 24.3. The second-order valence-electron chi connectivity index (χ2n) is 12.5. The van der Waals surface area contributed by atoms with Gasteiger partial charge in [0.05, 0.1) is 11.1 Å². The Bertz CT molecular complexity index is 2880. The van der Waals surface area contributed by atoms with Crippen LogP contribution in [0.15, 0.2) is 174 Å². The molecule has 49 heavy (non-hydrogen) atoms. The van der Waals surface area contributed by atoms with E-state index in [0.29, 0.717) is 11.5 Å². The SMILES string of the molecule is c1ccc(-c2cccc(-c3cccc(-c4nc(-c5cccc6ccccc56)c5c(n4)oc4c6ccccc6c6ccccc6c45)c3)c2)cc1. The molecule has 0 aliphatic heterocycles. The fraction of sp³-hybridized carbons (Fsp3) is 0. The van der Waals surface area contributed by atoms with Gasteiger partial charge in [-0.25, -0.2) is 4.98 Å². The van der Waals surface area contributed by atoms with Gasteiger partial charge in [0.1, 0.15) is 5.58 Å². The predicted octanol–water partition coefficient (Wildman–Crippen LogP) is 12.5. The second kappa shape index (κ2) is 11.0. The first-order valence-corrected chi connectivity index (χ1v) is 16.6. The third-order valence-corrected chi connectivity index (χ3v) is 9.68. The van der Waals surface area contributed by atoms with Crippen molar-refractivity contribution < 1.29 is 4.42 Å². The molecule has 0 atom stereocenters. The van der Waals surface area contributed by atoms with Crippen molar-refractivity contribution in [3.8, 4) is 44.9 Å². The molecule has 2 aromatic heterocycles. The van der Waals surface area contributed by atoms with Crippen LogP contribution in [0.25, 0.3) is 99.3 Å². The maximum atomic E-state index is 6.84. The first-order valence-electron chi connectivity index (χ1n) is 16.6. The Labute approximate surface area is 282 Å². The Hall–Kier alpha value is -6.58. The van der Waals surface area contributed by atoms with E-state index in [1.54, 1.807) is 0 Å². The molecule has 10 aromatic rings. The standard InChI is InChI=1S/C46H28N2O/c1-2-13-29(14-3-1)31-17-10-18-32(27-31)33-19-11-20-34(28-33)45-47-43(39-26-12-16-30-15-4-5-21-35(30)39)42-41-38-24-8-6-22-36(38)37-23-7-9-25-40(37)44(41)49-46(42)48-45/h1-28H. The van der Waals surface area contributed by atoms with E-state index in [9.17, 15) is 0 Å². The molecule has 228 valence electrons. The first kappa shape index (κ1) is 27.5. The van der Waals surface area contributed by atoms with E-state index in [-0.39, 0.29) is 0 Å². The molecule has 10 rings (SSSR count). The molecule has 0 bridgehead atoms. The number of benzene rings is 8. The molecule has 0 N–H and O–H groups in total. The molecule has 0 saturated heterocycles. The molecule has 0 aliphatic carbocycles. The van der Waals surface area contributed by atoms with E-state index in [2.05, 4.69) is 164 Å². The number of aromatic nitrogens is 2. The average molecular weight is 625 g/mol. The Morgan fingerprint density at radius 3 is 1.67 bits per heavy atom. The molecule has 3 nitrogen and oxygen atoms in total. The summed E-state index contributed by atoms with van der Waals surface area (Å²) in [5, 5.41) is 8.84. The molecule has 0 saturated carbocycles. The van der Waals surface area contributed by atoms with E-state index >= 15 is 0 Å². The quantitative estimate of drug-likeness (QED) is 0.183. The van der Waals surface area contributed by atoms with E-state index < -0.39 is 0 Å². The second-order valence-corrected chi connectivity index (χ2v) is 12.5. The monoisotopic (exact) mass is 624 g/mol. The molecule has 8 aromatic carbocycles. The van der Waals surface area contributed by atoms with Crippen molar-refractivity contribution in [2.75, 3.05) is 0 Å². The van der Waals surface area contributed by atoms with Gasteiger partial charge in [-0.1, -0.05) is 158 Å². The van der Waals surface area contributed by atoms with Gasteiger partial charge in [0, 0.05) is 21.9 Å². The molecule has 0 unspecified atom stereocenters. The number of nitrogens with zero attached hydrogens (tertiary/aromatic N) is 2. The lowest BCUT2D eigenvalue weighted by Crippen LogP contribution is -1.95. The number of hydrogen-bond acceptors (Lipinski definition) is 3. The van der Waals surface area contributed by atoms with Gasteiger partial charge >= 0.3 is 0 Å². The molecular formula is C46H28N2O. The molecule has 0 amide bonds. The minimum absolute atomic E-state index is 0.584. The molecule has 0 fully saturated rings. The van der Waals surface area contributed by atoms with Crippen LogP contribution in [-0.4, -0.2) is 9.97 Å². The summed E-state index contributed by atoms with van der Waals surface area (Å²) in [7, 11) is 0. The van der Waals surface area contributed by atoms with Crippen molar-refractivity contribution in [1.29, 1.82) is 0 Å². The van der Waals surface area contributed by atoms with Gasteiger partial charge in [-0.05, 0) is 61.3 Å². The largest absolute Gasteiger partial charge is 0.437 e. The normalized spacial score (nSPS) is 11.7. The van der Waals surface area contributed by atoms with Gasteiger partial charge in [0.25, 0.3) is 0 Å². The van der Waals surface area contributed by atoms with Crippen LogP contribution < -0.4 is 0 Å². The number of hydrogen-bond donors (Lipinski definition) is 0. The van der Waals surface area contributed by atoms with Crippen molar-refractivity contribution in [2.45, 2.75) is 0 Å². The Morgan fingerprint density at radius 2 is 0.898 bits per heavy atom. The Balaban J connectivity index is 1.26. The van der Waals surface area contributed by atoms with Gasteiger partial charge < -0.3 is 4.42 Å². The highest BCUT2D eigenvalue weighted by Crippen LogP contribution is 2.45. The van der Waals surface area contributed by atoms with Gasteiger partial charge in [0.2, 0.25) is 5.71 Å². The molecule has 0 radical (unpaired) electrons. The molecule has 3 heteroatoms.